The minimum atomic E-state index is -1.02. The maximum Gasteiger partial charge on any atom is 0.331 e. The van der Waals surface area contributed by atoms with Crippen molar-refractivity contribution in [3.05, 3.63) is 83.0 Å². The van der Waals surface area contributed by atoms with Crippen LogP contribution in [0.3, 0.4) is 0 Å². The van der Waals surface area contributed by atoms with E-state index in [1.165, 1.54) is 6.08 Å². The number of hydrogen-bond acceptors (Lipinski definition) is 4. The zero-order chi connectivity index (χ0) is 24.2. The average Bonchev–Trinajstić information content (AvgIpc) is 3.61. The molecule has 0 spiro atoms. The Hall–Kier alpha value is -3.80. The quantitative estimate of drug-likeness (QED) is 0.374. The van der Waals surface area contributed by atoms with Crippen LogP contribution in [-0.2, 0) is 9.59 Å². The molecule has 172 valence electrons. The highest BCUT2D eigenvalue weighted by molar-refractivity contribution is 5.92. The van der Waals surface area contributed by atoms with Crippen molar-refractivity contribution in [3.63, 3.8) is 0 Å². The number of rotatable bonds is 5. The number of nitrogens with two attached hydrogens (primary N) is 2. The Kier molecular flexibility index (Phi) is 7.07. The van der Waals surface area contributed by atoms with E-state index in [1.807, 2.05) is 54.6 Å². The van der Waals surface area contributed by atoms with E-state index < -0.39 is 23.3 Å². The maximum absolute atomic E-state index is 11.7. The number of benzene rings is 2. The lowest BCUT2D eigenvalue weighted by Gasteiger charge is -2.39. The van der Waals surface area contributed by atoms with Crippen LogP contribution in [0.15, 0.2) is 71.8 Å². The fourth-order valence-electron chi connectivity index (χ4n) is 4.58. The number of hydrogen-bond donors (Lipinski definition) is 4. The first kappa shape index (κ1) is 23.9. The van der Waals surface area contributed by atoms with Gasteiger partial charge in [-0.05, 0) is 42.9 Å². The number of nitrogen functional groups attached to an aromatic ring is 2. The molecule has 0 radical (unpaired) electrons. The van der Waals surface area contributed by atoms with Crippen LogP contribution < -0.4 is 11.5 Å². The molecule has 0 bridgehead atoms. The van der Waals surface area contributed by atoms with Crippen molar-refractivity contribution in [3.8, 4) is 0 Å². The monoisotopic (exact) mass is 446 g/mol. The van der Waals surface area contributed by atoms with E-state index in [0.717, 1.165) is 29.5 Å². The largest absolute Gasteiger partial charge is 0.481 e. The number of carboxylic acid groups (broad SMARTS) is 2. The molecule has 2 atom stereocenters. The summed E-state index contributed by atoms with van der Waals surface area (Å²) in [5, 5.41) is 18.7. The van der Waals surface area contributed by atoms with Crippen LogP contribution in [0.2, 0.25) is 0 Å². The Morgan fingerprint density at radius 1 is 0.970 bits per heavy atom. The molecule has 1 saturated carbocycles. The molecule has 2 aromatic rings. The third kappa shape index (κ3) is 4.85. The number of anilines is 2. The summed E-state index contributed by atoms with van der Waals surface area (Å²) in [6, 6.07) is 15.7. The SMILES string of the molecule is CC1=CC=C(C(=O)O)C(C)C1(C(=O)O)C1CC1.Nc1cccc(C=Cc2ccccc2)c1N. The Morgan fingerprint density at radius 3 is 2.21 bits per heavy atom. The van der Waals surface area contributed by atoms with Crippen molar-refractivity contribution >= 4 is 35.5 Å². The highest BCUT2D eigenvalue weighted by Gasteiger charge is 2.58. The van der Waals surface area contributed by atoms with Crippen LogP contribution in [0.5, 0.6) is 0 Å². The van der Waals surface area contributed by atoms with Gasteiger partial charge in [-0.2, -0.15) is 0 Å². The van der Waals surface area contributed by atoms with Gasteiger partial charge in [0, 0.05) is 11.5 Å². The lowest BCUT2D eigenvalue weighted by atomic mass is 9.62. The molecule has 1 fully saturated rings. The van der Waals surface area contributed by atoms with E-state index in [2.05, 4.69) is 0 Å². The molecule has 6 heteroatoms. The van der Waals surface area contributed by atoms with E-state index in [-0.39, 0.29) is 11.5 Å². The van der Waals surface area contributed by atoms with Crippen LogP contribution in [0, 0.1) is 17.3 Å². The van der Waals surface area contributed by atoms with Crippen LogP contribution in [0.25, 0.3) is 12.2 Å². The third-order valence-corrected chi connectivity index (χ3v) is 6.57. The van der Waals surface area contributed by atoms with Crippen molar-refractivity contribution in [1.82, 2.24) is 0 Å². The second kappa shape index (κ2) is 9.77. The van der Waals surface area contributed by atoms with Gasteiger partial charge in [0.15, 0.2) is 0 Å². The second-order valence-electron chi connectivity index (χ2n) is 8.54. The molecule has 2 aromatic carbocycles. The topological polar surface area (TPSA) is 127 Å². The van der Waals surface area contributed by atoms with Crippen LogP contribution in [0.1, 0.15) is 37.8 Å². The molecule has 2 unspecified atom stereocenters. The van der Waals surface area contributed by atoms with Crippen molar-refractivity contribution in [1.29, 1.82) is 0 Å². The van der Waals surface area contributed by atoms with Gasteiger partial charge in [0.2, 0.25) is 0 Å². The molecular weight excluding hydrogens is 416 g/mol. The summed E-state index contributed by atoms with van der Waals surface area (Å²) >= 11 is 0. The van der Waals surface area contributed by atoms with Gasteiger partial charge in [-0.15, -0.1) is 0 Å². The second-order valence-corrected chi connectivity index (χ2v) is 8.54. The van der Waals surface area contributed by atoms with E-state index >= 15 is 0 Å². The van der Waals surface area contributed by atoms with Crippen molar-refractivity contribution in [2.24, 2.45) is 17.3 Å². The molecule has 6 nitrogen and oxygen atoms in total. The number of carbonyl (C=O) groups is 2. The molecule has 0 heterocycles. The molecule has 6 N–H and O–H groups in total. The molecule has 2 aliphatic rings. The Balaban J connectivity index is 0.000000186. The molecule has 0 aliphatic heterocycles. The smallest absolute Gasteiger partial charge is 0.331 e. The zero-order valence-electron chi connectivity index (χ0n) is 18.9. The van der Waals surface area contributed by atoms with Crippen molar-refractivity contribution < 1.29 is 19.8 Å². The minimum Gasteiger partial charge on any atom is -0.481 e. The van der Waals surface area contributed by atoms with E-state index in [1.54, 1.807) is 26.0 Å². The normalized spacial score (nSPS) is 22.1. The predicted octanol–water partition coefficient (Wildman–Crippen LogP) is 5.10. The number of allylic oxidation sites excluding steroid dienone is 2. The van der Waals surface area contributed by atoms with Crippen molar-refractivity contribution in [2.75, 3.05) is 11.5 Å². The summed E-state index contributed by atoms with van der Waals surface area (Å²) in [6.07, 6.45) is 8.91. The molecule has 0 amide bonds. The number of carboxylic acids is 2. The van der Waals surface area contributed by atoms with E-state index in [9.17, 15) is 14.7 Å². The average molecular weight is 447 g/mol. The van der Waals surface area contributed by atoms with Gasteiger partial charge in [0.25, 0.3) is 0 Å². The van der Waals surface area contributed by atoms with Crippen molar-refractivity contribution in [2.45, 2.75) is 26.7 Å². The summed E-state index contributed by atoms with van der Waals surface area (Å²) in [4.78, 5) is 22.8. The zero-order valence-corrected chi connectivity index (χ0v) is 18.9. The number of aliphatic carboxylic acids is 2. The van der Waals surface area contributed by atoms with Gasteiger partial charge in [0.05, 0.1) is 16.8 Å². The lowest BCUT2D eigenvalue weighted by molar-refractivity contribution is -0.150. The van der Waals surface area contributed by atoms with Crippen LogP contribution in [0.4, 0.5) is 11.4 Å². The summed E-state index contributed by atoms with van der Waals surface area (Å²) in [7, 11) is 0. The van der Waals surface area contributed by atoms with E-state index in [0.29, 0.717) is 11.4 Å². The highest BCUT2D eigenvalue weighted by Crippen LogP contribution is 2.57. The molecule has 0 aromatic heterocycles. The minimum absolute atomic E-state index is 0.0781. The highest BCUT2D eigenvalue weighted by atomic mass is 16.4. The van der Waals surface area contributed by atoms with E-state index in [4.69, 9.17) is 16.6 Å². The van der Waals surface area contributed by atoms with Crippen LogP contribution in [-0.4, -0.2) is 22.2 Å². The summed E-state index contributed by atoms with van der Waals surface area (Å²) in [5.41, 5.74) is 14.9. The molecule has 33 heavy (non-hydrogen) atoms. The third-order valence-electron chi connectivity index (χ3n) is 6.57. The maximum atomic E-state index is 11.7. The summed E-state index contributed by atoms with van der Waals surface area (Å²) in [5.74, 6) is -2.31. The summed E-state index contributed by atoms with van der Waals surface area (Å²) < 4.78 is 0. The summed E-state index contributed by atoms with van der Waals surface area (Å²) in [6.45, 7) is 3.50. The molecule has 2 aliphatic carbocycles. The first-order valence-electron chi connectivity index (χ1n) is 10.9. The lowest BCUT2D eigenvalue weighted by Crippen LogP contribution is -2.44. The Labute approximate surface area is 193 Å². The van der Waals surface area contributed by atoms with Crippen LogP contribution >= 0.6 is 0 Å². The van der Waals surface area contributed by atoms with Gasteiger partial charge >= 0.3 is 11.9 Å². The molecule has 4 rings (SSSR count). The number of para-hydroxylation sites is 1. The predicted molar refractivity (Wildman–Crippen MR) is 132 cm³/mol. The fraction of sp³-hybridized carbons (Fsp3) is 0.259. The van der Waals surface area contributed by atoms with Gasteiger partial charge < -0.3 is 21.7 Å². The molecular formula is C27H30N2O4. The van der Waals surface area contributed by atoms with Gasteiger partial charge in [0.1, 0.15) is 0 Å². The molecule has 0 saturated heterocycles. The fourth-order valence-corrected chi connectivity index (χ4v) is 4.58. The van der Waals surface area contributed by atoms with Gasteiger partial charge in [-0.3, -0.25) is 4.79 Å². The van der Waals surface area contributed by atoms with Gasteiger partial charge in [-0.1, -0.05) is 79.3 Å². The van der Waals surface area contributed by atoms with Gasteiger partial charge in [-0.25, -0.2) is 4.79 Å². The Bertz CT molecular complexity index is 1130. The standard InChI is InChI=1S/C14H14N2.C13H16O4/c15-13-8-4-7-12(14(13)16)10-9-11-5-2-1-3-6-11;1-7-3-6-10(11(14)15)8(2)13(7,12(16)17)9-4-5-9/h1-10H,15-16H2;3,6,8-9H,4-5H2,1-2H3,(H,14,15)(H,16,17). The first-order valence-corrected chi connectivity index (χ1v) is 10.9. The Morgan fingerprint density at radius 2 is 1.64 bits per heavy atom. The first-order chi connectivity index (χ1) is 15.7.